The van der Waals surface area contributed by atoms with Gasteiger partial charge in [-0.05, 0) is 68.1 Å². The van der Waals surface area contributed by atoms with Gasteiger partial charge in [0.25, 0.3) is 0 Å². The third kappa shape index (κ3) is 5.28. The zero-order valence-corrected chi connectivity index (χ0v) is 32.8. The molecule has 0 aromatic heterocycles. The molecule has 18 heteroatoms. The number of carbonyl (C=O) groups is 2. The van der Waals surface area contributed by atoms with Crippen molar-refractivity contribution in [1.82, 2.24) is 15.1 Å². The molecule has 2 fully saturated rings. The van der Waals surface area contributed by atoms with Crippen LogP contribution in [0.25, 0.3) is 0 Å². The molecule has 1 unspecified atom stereocenters. The molecule has 4 bridgehead atoms. The van der Waals surface area contributed by atoms with Crippen LogP contribution in [-0.2, 0) is 32.7 Å². The molecule has 0 amide bonds. The first-order valence-electron chi connectivity index (χ1n) is 18.6. The number of piperazine rings is 1. The minimum atomic E-state index is -5.36. The quantitative estimate of drug-likeness (QED) is 0.248. The highest BCUT2D eigenvalue weighted by Gasteiger charge is 2.62. The average molecular weight is 825 g/mol. The van der Waals surface area contributed by atoms with Gasteiger partial charge in [0.2, 0.25) is 6.79 Å². The summed E-state index contributed by atoms with van der Waals surface area (Å²) < 4.78 is 77.0. The number of hydrogen-bond donors (Lipinski definition) is 3. The Hall–Kier alpha value is -5.09. The monoisotopic (exact) mass is 824 g/mol. The number of nitrogens with one attached hydrogen (secondary N) is 1. The number of hydrogen-bond acceptors (Lipinski definition) is 15. The number of fused-ring (bicyclic) bond motifs is 9. The summed E-state index contributed by atoms with van der Waals surface area (Å²) >= 11 is 1.21. The second-order valence-electron chi connectivity index (χ2n) is 15.4. The second-order valence-corrected chi connectivity index (χ2v) is 16.5. The number of aryl methyl sites for hydroxylation is 1. The number of nitriles is 1. The van der Waals surface area contributed by atoms with Gasteiger partial charge in [-0.1, -0.05) is 6.07 Å². The number of thioether (sulfide) groups is 1. The lowest BCUT2D eigenvalue weighted by molar-refractivity contribution is -0.189. The molecule has 7 atom stereocenters. The molecule has 0 radical (unpaired) electrons. The van der Waals surface area contributed by atoms with Gasteiger partial charge < -0.3 is 38.6 Å². The van der Waals surface area contributed by atoms with Crippen molar-refractivity contribution in [2.45, 2.75) is 73.9 Å². The molecule has 0 saturated carbocycles. The standard InChI is InChI=1S/C40H39F3N4O10S/c1-16-8-19-9-21-22(12-44)47-23-13-54-37(50)39(20-11-25(52-4)24(48)10-18(20)6-7-45-39)14-58-36(30(47)29(46(21)3)26(19)31(49)32(16)53-5)28-27(23)35-34(55-15-56-35)17(2)33(28)57-38(51)40(41,42)43/h8,10-11,21-23,29-30,36,45,48-49H,6-7,9,13-15H2,1-5H3/t21-,22-,23-,29+,30?,36+,39+/m0/s1. The Kier molecular flexibility index (Phi) is 8.93. The average Bonchev–Trinajstić information content (AvgIpc) is 3.68. The SMILES string of the molecule is COc1cc2c(cc1O)CCN[C@]21CS[C@@H]2c3c(OC(=O)C(F)(F)F)c(C)c4c(c3[C@H](COC1=O)N1C2[C@H]2c3c(cc(C)c(OC)c3O)C[C@@H]([C@@H]1C#N)N2C)OCO4. The zero-order valence-electron chi connectivity index (χ0n) is 32.0. The first-order chi connectivity index (χ1) is 27.7. The maximum absolute atomic E-state index is 14.7. The van der Waals surface area contributed by atoms with Gasteiger partial charge in [0.15, 0.2) is 40.0 Å². The molecule has 0 aliphatic carbocycles. The van der Waals surface area contributed by atoms with E-state index in [1.165, 1.54) is 32.9 Å². The molecule has 7 aliphatic heterocycles. The van der Waals surface area contributed by atoms with Gasteiger partial charge in [-0.25, -0.2) is 9.59 Å². The zero-order chi connectivity index (χ0) is 41.2. The summed E-state index contributed by atoms with van der Waals surface area (Å²) in [4.78, 5) is 31.5. The number of nitrogens with zero attached hydrogens (tertiary/aromatic N) is 3. The van der Waals surface area contributed by atoms with E-state index in [0.29, 0.717) is 41.6 Å². The smallest absolute Gasteiger partial charge is 0.491 e. The van der Waals surface area contributed by atoms with Crippen molar-refractivity contribution in [1.29, 1.82) is 5.26 Å². The van der Waals surface area contributed by atoms with Crippen LogP contribution < -0.4 is 29.0 Å². The van der Waals surface area contributed by atoms with Gasteiger partial charge >= 0.3 is 18.1 Å². The number of halogens is 3. The molecule has 2 saturated heterocycles. The number of phenolic OH excluding ortho intramolecular Hbond substituents is 2. The molecule has 1 spiro atoms. The van der Waals surface area contributed by atoms with Crippen molar-refractivity contribution in [3.05, 3.63) is 62.7 Å². The largest absolute Gasteiger partial charge is 0.504 e. The Morgan fingerprint density at radius 2 is 1.81 bits per heavy atom. The van der Waals surface area contributed by atoms with Crippen LogP contribution in [0.3, 0.4) is 0 Å². The van der Waals surface area contributed by atoms with E-state index in [4.69, 9.17) is 28.4 Å². The molecule has 306 valence electrons. The molecule has 10 rings (SSSR count). The number of carbonyl (C=O) groups excluding carboxylic acids is 2. The van der Waals surface area contributed by atoms with Gasteiger partial charge in [0.05, 0.1) is 37.6 Å². The van der Waals surface area contributed by atoms with Crippen molar-refractivity contribution < 1.29 is 61.4 Å². The highest BCUT2D eigenvalue weighted by atomic mass is 32.2. The predicted molar refractivity (Wildman–Crippen MR) is 198 cm³/mol. The number of esters is 2. The number of phenols is 2. The van der Waals surface area contributed by atoms with Crippen LogP contribution in [0.5, 0.6) is 40.2 Å². The third-order valence-corrected chi connectivity index (χ3v) is 14.1. The van der Waals surface area contributed by atoms with Crippen molar-refractivity contribution in [2.24, 2.45) is 0 Å². The minimum absolute atomic E-state index is 0.0663. The van der Waals surface area contributed by atoms with Crippen LogP contribution in [-0.4, -0.2) is 103 Å². The molecular formula is C40H39F3N4O10S. The van der Waals surface area contributed by atoms with E-state index in [1.807, 2.05) is 29.8 Å². The van der Waals surface area contributed by atoms with E-state index in [2.05, 4.69) is 11.4 Å². The topological polar surface area (TPSA) is 172 Å². The molecule has 3 aromatic carbocycles. The fourth-order valence-corrected chi connectivity index (χ4v) is 11.9. The van der Waals surface area contributed by atoms with E-state index in [-0.39, 0.29) is 69.5 Å². The van der Waals surface area contributed by atoms with E-state index in [1.54, 1.807) is 12.1 Å². The highest BCUT2D eigenvalue weighted by Crippen LogP contribution is 2.64. The lowest BCUT2D eigenvalue weighted by Crippen LogP contribution is -2.69. The number of benzene rings is 3. The molecule has 58 heavy (non-hydrogen) atoms. The Morgan fingerprint density at radius 1 is 1.05 bits per heavy atom. The molecule has 7 heterocycles. The summed E-state index contributed by atoms with van der Waals surface area (Å²) in [6.45, 7) is 2.91. The number of rotatable bonds is 3. The molecular weight excluding hydrogens is 786 g/mol. The van der Waals surface area contributed by atoms with Crippen molar-refractivity contribution >= 4 is 23.7 Å². The van der Waals surface area contributed by atoms with Gasteiger partial charge in [-0.2, -0.15) is 18.4 Å². The van der Waals surface area contributed by atoms with Crippen LogP contribution in [0.1, 0.15) is 61.8 Å². The Balaban J connectivity index is 1.34. The van der Waals surface area contributed by atoms with E-state index >= 15 is 0 Å². The fraction of sp³-hybridized carbons (Fsp3) is 0.475. The van der Waals surface area contributed by atoms with Crippen LogP contribution in [0, 0.1) is 25.2 Å². The number of alkyl halides is 3. The van der Waals surface area contributed by atoms with Gasteiger partial charge in [-0.15, -0.1) is 11.8 Å². The summed E-state index contributed by atoms with van der Waals surface area (Å²) in [7, 11) is 4.68. The lowest BCUT2D eigenvalue weighted by Gasteiger charge is -2.62. The molecule has 3 N–H and O–H groups in total. The first-order valence-corrected chi connectivity index (χ1v) is 19.7. The normalized spacial score (nSPS) is 28.4. The first kappa shape index (κ1) is 38.4. The molecule has 14 nitrogen and oxygen atoms in total. The highest BCUT2D eigenvalue weighted by molar-refractivity contribution is 7.99. The van der Waals surface area contributed by atoms with Crippen molar-refractivity contribution in [2.75, 3.05) is 47.0 Å². The van der Waals surface area contributed by atoms with E-state index in [9.17, 15) is 38.2 Å². The summed E-state index contributed by atoms with van der Waals surface area (Å²) in [6, 6.07) is 3.63. The second kappa shape index (κ2) is 13.5. The van der Waals surface area contributed by atoms with Gasteiger partial charge in [0.1, 0.15) is 18.4 Å². The van der Waals surface area contributed by atoms with E-state index < -0.39 is 65.7 Å². The van der Waals surface area contributed by atoms with Crippen molar-refractivity contribution in [3.8, 4) is 46.3 Å². The Labute approximate surface area is 334 Å². The number of methoxy groups -OCH3 is 2. The van der Waals surface area contributed by atoms with Crippen LogP contribution in [0.2, 0.25) is 0 Å². The summed E-state index contributed by atoms with van der Waals surface area (Å²) in [5.41, 5.74) is 2.14. The Bertz CT molecular complexity index is 2340. The van der Waals surface area contributed by atoms with Crippen LogP contribution in [0.15, 0.2) is 18.2 Å². The van der Waals surface area contributed by atoms with Crippen molar-refractivity contribution in [3.63, 3.8) is 0 Å². The van der Waals surface area contributed by atoms with Crippen LogP contribution in [0.4, 0.5) is 13.2 Å². The van der Waals surface area contributed by atoms with Gasteiger partial charge in [0, 0.05) is 46.6 Å². The minimum Gasteiger partial charge on any atom is -0.504 e. The van der Waals surface area contributed by atoms with E-state index in [0.717, 1.165) is 5.56 Å². The summed E-state index contributed by atoms with van der Waals surface area (Å²) in [5, 5.41) is 36.3. The number of likely N-dealkylation sites (N-methyl/N-ethyl adjacent to an activating group) is 1. The number of ether oxygens (including phenoxy) is 6. The fourth-order valence-electron chi connectivity index (χ4n) is 10.2. The van der Waals surface area contributed by atoms with Gasteiger partial charge in [-0.3, -0.25) is 15.1 Å². The Morgan fingerprint density at radius 3 is 2.52 bits per heavy atom. The predicted octanol–water partition coefficient (Wildman–Crippen LogP) is 4.53. The maximum atomic E-state index is 14.7. The molecule has 3 aromatic rings. The number of aromatic hydroxyl groups is 2. The molecule has 7 aliphatic rings. The summed E-state index contributed by atoms with van der Waals surface area (Å²) in [5.74, 6) is -3.17. The third-order valence-electron chi connectivity index (χ3n) is 12.6. The van der Waals surface area contributed by atoms with Crippen LogP contribution >= 0.6 is 11.8 Å². The maximum Gasteiger partial charge on any atom is 0.491 e. The lowest BCUT2D eigenvalue weighted by atomic mass is 9.71. The summed E-state index contributed by atoms with van der Waals surface area (Å²) in [6.07, 6.45) is -4.55.